The van der Waals surface area contributed by atoms with E-state index < -0.39 is 6.04 Å². The Morgan fingerprint density at radius 1 is 1.52 bits per heavy atom. The predicted molar refractivity (Wildman–Crippen MR) is 86.0 cm³/mol. The summed E-state index contributed by atoms with van der Waals surface area (Å²) in [5, 5.41) is 0. The highest BCUT2D eigenvalue weighted by molar-refractivity contribution is 5.75. The van der Waals surface area contributed by atoms with E-state index in [4.69, 9.17) is 15.2 Å². The van der Waals surface area contributed by atoms with Crippen molar-refractivity contribution in [1.82, 2.24) is 4.90 Å². The van der Waals surface area contributed by atoms with Gasteiger partial charge in [-0.1, -0.05) is 19.9 Å². The Labute approximate surface area is 137 Å². The Hall–Kier alpha value is -1.66. The predicted octanol–water partition coefficient (Wildman–Crippen LogP) is 1.71. The quantitative estimate of drug-likeness (QED) is 0.567. The molecule has 0 spiro atoms. The van der Waals surface area contributed by atoms with E-state index in [0.717, 1.165) is 24.7 Å². The summed E-state index contributed by atoms with van der Waals surface area (Å²) in [6, 6.07) is -0.574. The number of ether oxygens (including phenoxy) is 2. The van der Waals surface area contributed by atoms with Crippen LogP contribution in [-0.2, 0) is 19.1 Å². The van der Waals surface area contributed by atoms with E-state index in [9.17, 15) is 9.59 Å². The first-order valence-electron chi connectivity index (χ1n) is 8.17. The standard InChI is InChI=1S/C17H26N2O4/c1-12(2)8-15(18)17(21)22-11-14-5-6-16(23-14)19-7-3-4-13(9-19)10-20/h3,7,9-10,12,14-16H,4-6,8,11,18H2,1-2H3. The van der Waals surface area contributed by atoms with Gasteiger partial charge in [0.1, 0.15) is 25.2 Å². The van der Waals surface area contributed by atoms with Crippen LogP contribution < -0.4 is 5.73 Å². The highest BCUT2D eigenvalue weighted by Gasteiger charge is 2.30. The molecule has 2 aliphatic heterocycles. The van der Waals surface area contributed by atoms with E-state index in [1.54, 1.807) is 0 Å². The Morgan fingerprint density at radius 3 is 3.00 bits per heavy atom. The van der Waals surface area contributed by atoms with Crippen LogP contribution >= 0.6 is 0 Å². The third-order valence-corrected chi connectivity index (χ3v) is 3.95. The summed E-state index contributed by atoms with van der Waals surface area (Å²) in [6.07, 6.45) is 9.19. The van der Waals surface area contributed by atoms with E-state index >= 15 is 0 Å². The molecular weight excluding hydrogens is 296 g/mol. The van der Waals surface area contributed by atoms with Crippen LogP contribution in [0.3, 0.4) is 0 Å². The maximum absolute atomic E-state index is 11.8. The average Bonchev–Trinajstić information content (AvgIpc) is 3.01. The van der Waals surface area contributed by atoms with Crippen molar-refractivity contribution in [3.05, 3.63) is 24.0 Å². The van der Waals surface area contributed by atoms with Crippen LogP contribution in [0.5, 0.6) is 0 Å². The molecule has 6 heteroatoms. The Morgan fingerprint density at radius 2 is 2.30 bits per heavy atom. The number of hydrogen-bond acceptors (Lipinski definition) is 6. The summed E-state index contributed by atoms with van der Waals surface area (Å²) < 4.78 is 11.2. The molecule has 2 rings (SSSR count). The molecule has 128 valence electrons. The zero-order chi connectivity index (χ0) is 16.8. The molecule has 6 nitrogen and oxygen atoms in total. The maximum atomic E-state index is 11.8. The minimum Gasteiger partial charge on any atom is -0.462 e. The fourth-order valence-electron chi connectivity index (χ4n) is 2.77. The Balaban J connectivity index is 1.76. The molecule has 3 atom stereocenters. The number of carbonyl (C=O) groups excluding carboxylic acids is 2. The second-order valence-corrected chi connectivity index (χ2v) is 6.51. The third kappa shape index (κ3) is 5.18. The number of nitrogens with two attached hydrogens (primary N) is 1. The lowest BCUT2D eigenvalue weighted by Crippen LogP contribution is -2.35. The van der Waals surface area contributed by atoms with Crippen LogP contribution in [0, 0.1) is 5.92 Å². The molecule has 2 N–H and O–H groups in total. The summed E-state index contributed by atoms with van der Waals surface area (Å²) in [7, 11) is 0. The molecule has 2 heterocycles. The van der Waals surface area contributed by atoms with Crippen molar-refractivity contribution in [2.45, 2.75) is 57.9 Å². The second kappa shape index (κ2) is 8.26. The third-order valence-electron chi connectivity index (χ3n) is 3.95. The molecule has 0 aliphatic carbocycles. The number of aldehydes is 1. The van der Waals surface area contributed by atoms with Crippen LogP contribution in [0.15, 0.2) is 24.0 Å². The zero-order valence-corrected chi connectivity index (χ0v) is 13.8. The van der Waals surface area contributed by atoms with Gasteiger partial charge in [0.2, 0.25) is 0 Å². The number of nitrogens with zero attached hydrogens (tertiary/aromatic N) is 1. The molecule has 1 saturated heterocycles. The van der Waals surface area contributed by atoms with Crippen molar-refractivity contribution in [2.75, 3.05) is 6.61 Å². The number of hydrogen-bond donors (Lipinski definition) is 1. The highest BCUT2D eigenvalue weighted by Crippen LogP contribution is 2.26. The largest absolute Gasteiger partial charge is 0.462 e. The van der Waals surface area contributed by atoms with E-state index in [2.05, 4.69) is 0 Å². The van der Waals surface area contributed by atoms with Gasteiger partial charge in [-0.2, -0.15) is 0 Å². The van der Waals surface area contributed by atoms with Crippen molar-refractivity contribution < 1.29 is 19.1 Å². The normalized spacial score (nSPS) is 25.4. The van der Waals surface area contributed by atoms with E-state index in [0.29, 0.717) is 18.8 Å². The molecule has 0 aromatic carbocycles. The van der Waals surface area contributed by atoms with Gasteiger partial charge in [-0.25, -0.2) is 0 Å². The zero-order valence-electron chi connectivity index (χ0n) is 13.8. The van der Waals surface area contributed by atoms with Gasteiger partial charge in [0.15, 0.2) is 0 Å². The first-order chi connectivity index (χ1) is 11.0. The van der Waals surface area contributed by atoms with Crippen molar-refractivity contribution in [2.24, 2.45) is 11.7 Å². The van der Waals surface area contributed by atoms with Crippen LogP contribution in [0.4, 0.5) is 0 Å². The molecule has 0 aromatic rings. The molecule has 0 bridgehead atoms. The minimum atomic E-state index is -0.574. The molecule has 23 heavy (non-hydrogen) atoms. The van der Waals surface area contributed by atoms with Gasteiger partial charge in [-0.05, 0) is 31.6 Å². The number of carbonyl (C=O) groups is 2. The molecule has 1 fully saturated rings. The lowest BCUT2D eigenvalue weighted by Gasteiger charge is -2.26. The maximum Gasteiger partial charge on any atom is 0.323 e. The van der Waals surface area contributed by atoms with Crippen molar-refractivity contribution in [1.29, 1.82) is 0 Å². The summed E-state index contributed by atoms with van der Waals surface area (Å²) in [5.74, 6) is -0.0129. The fraction of sp³-hybridized carbons (Fsp3) is 0.647. The van der Waals surface area contributed by atoms with Crippen LogP contribution in [0.1, 0.15) is 39.5 Å². The molecule has 0 aromatic heterocycles. The number of rotatable bonds is 7. The van der Waals surface area contributed by atoms with Gasteiger partial charge in [0.25, 0.3) is 0 Å². The lowest BCUT2D eigenvalue weighted by molar-refractivity contribution is -0.150. The molecule has 3 unspecified atom stereocenters. The molecule has 2 aliphatic rings. The number of esters is 1. The summed E-state index contributed by atoms with van der Waals surface area (Å²) in [4.78, 5) is 24.6. The van der Waals surface area contributed by atoms with Crippen LogP contribution in [0.2, 0.25) is 0 Å². The SMILES string of the molecule is CC(C)CC(N)C(=O)OCC1CCC(N2C=CCC(C=O)=C2)O1. The van der Waals surface area contributed by atoms with E-state index in [-0.39, 0.29) is 24.9 Å². The van der Waals surface area contributed by atoms with Crippen molar-refractivity contribution in [3.63, 3.8) is 0 Å². The first-order valence-corrected chi connectivity index (χ1v) is 8.17. The summed E-state index contributed by atoms with van der Waals surface area (Å²) in [5.41, 5.74) is 6.53. The number of allylic oxidation sites excluding steroid dienone is 2. The smallest absolute Gasteiger partial charge is 0.323 e. The van der Waals surface area contributed by atoms with Crippen LogP contribution in [0.25, 0.3) is 0 Å². The van der Waals surface area contributed by atoms with Crippen molar-refractivity contribution in [3.8, 4) is 0 Å². The topological polar surface area (TPSA) is 81.9 Å². The van der Waals surface area contributed by atoms with Gasteiger partial charge in [0, 0.05) is 18.0 Å². The first kappa shape index (κ1) is 17.7. The monoisotopic (exact) mass is 322 g/mol. The summed E-state index contributed by atoms with van der Waals surface area (Å²) in [6.45, 7) is 4.26. The van der Waals surface area contributed by atoms with Gasteiger partial charge >= 0.3 is 5.97 Å². The molecule has 0 amide bonds. The molecular formula is C17H26N2O4. The van der Waals surface area contributed by atoms with Gasteiger partial charge in [-0.3, -0.25) is 9.59 Å². The Bertz CT molecular complexity index is 487. The van der Waals surface area contributed by atoms with Crippen LogP contribution in [-0.4, -0.2) is 42.1 Å². The lowest BCUT2D eigenvalue weighted by atomic mass is 10.1. The van der Waals surface area contributed by atoms with E-state index in [1.165, 1.54) is 0 Å². The fourth-order valence-corrected chi connectivity index (χ4v) is 2.77. The molecule has 0 saturated carbocycles. The summed E-state index contributed by atoms with van der Waals surface area (Å²) >= 11 is 0. The van der Waals surface area contributed by atoms with Gasteiger partial charge in [-0.15, -0.1) is 0 Å². The van der Waals surface area contributed by atoms with Crippen molar-refractivity contribution >= 4 is 12.3 Å². The highest BCUT2D eigenvalue weighted by atomic mass is 16.6. The van der Waals surface area contributed by atoms with Gasteiger partial charge in [0.05, 0.1) is 6.10 Å². The Kier molecular flexibility index (Phi) is 6.36. The molecule has 0 radical (unpaired) electrons. The minimum absolute atomic E-state index is 0.116. The van der Waals surface area contributed by atoms with Gasteiger partial charge < -0.3 is 20.1 Å². The van der Waals surface area contributed by atoms with E-state index in [1.807, 2.05) is 37.2 Å². The average molecular weight is 322 g/mol. The second-order valence-electron chi connectivity index (χ2n) is 6.51.